The molecule has 3 nitrogen and oxygen atoms in total. The van der Waals surface area contributed by atoms with Crippen LogP contribution in [0, 0.1) is 0 Å². The Kier molecular flexibility index (Phi) is 4.24. The monoisotopic (exact) mass is 354 g/mol. The van der Waals surface area contributed by atoms with E-state index >= 15 is 0 Å². The number of rotatable bonds is 4. The first-order valence-corrected chi connectivity index (χ1v) is 7.34. The fourth-order valence-corrected chi connectivity index (χ4v) is 2.35. The molecule has 2 aromatic carbocycles. The fraction of sp³-hybridized carbons (Fsp3) is 0.0625. The van der Waals surface area contributed by atoms with Gasteiger partial charge in [-0.05, 0) is 36.4 Å². The van der Waals surface area contributed by atoms with Crippen LogP contribution in [0.25, 0.3) is 10.9 Å². The summed E-state index contributed by atoms with van der Waals surface area (Å²) in [5.41, 5.74) is -2.32. The number of aromatic nitrogens is 1. The SMILES string of the molecule is FC(F)(Cl)Oc1ccc(Nc2nc3ccccc3cc2Cl)cc1. The minimum absolute atomic E-state index is 0.0480. The fourth-order valence-electron chi connectivity index (χ4n) is 2.05. The van der Waals surface area contributed by atoms with Crippen molar-refractivity contribution in [2.24, 2.45) is 0 Å². The lowest BCUT2D eigenvalue weighted by atomic mass is 10.2. The molecule has 0 saturated carbocycles. The topological polar surface area (TPSA) is 34.1 Å². The van der Waals surface area contributed by atoms with Crippen molar-refractivity contribution in [3.63, 3.8) is 0 Å². The summed E-state index contributed by atoms with van der Waals surface area (Å²) in [6, 6.07) is 15.2. The molecule has 0 saturated heterocycles. The normalized spacial score (nSPS) is 11.5. The number of para-hydroxylation sites is 1. The second kappa shape index (κ2) is 6.18. The third-order valence-corrected chi connectivity index (χ3v) is 3.39. The first-order valence-electron chi connectivity index (χ1n) is 6.59. The van der Waals surface area contributed by atoms with Crippen molar-refractivity contribution in [1.29, 1.82) is 0 Å². The molecule has 0 spiro atoms. The van der Waals surface area contributed by atoms with E-state index in [1.54, 1.807) is 18.2 Å². The number of anilines is 2. The zero-order valence-corrected chi connectivity index (χ0v) is 13.1. The summed E-state index contributed by atoms with van der Waals surface area (Å²) in [7, 11) is 0. The molecule has 0 bridgehead atoms. The largest absolute Gasteiger partial charge is 0.487 e. The van der Waals surface area contributed by atoms with Gasteiger partial charge in [0, 0.05) is 22.7 Å². The van der Waals surface area contributed by atoms with E-state index in [1.807, 2.05) is 24.3 Å². The molecule has 0 aliphatic rings. The Bertz CT molecular complexity index is 836. The van der Waals surface area contributed by atoms with E-state index in [1.165, 1.54) is 12.1 Å². The van der Waals surface area contributed by atoms with Gasteiger partial charge >= 0.3 is 5.57 Å². The lowest BCUT2D eigenvalue weighted by Gasteiger charge is -2.12. The number of halogens is 4. The Hall–Kier alpha value is -2.11. The predicted molar refractivity (Wildman–Crippen MR) is 87.9 cm³/mol. The molecule has 0 unspecified atom stereocenters. The van der Waals surface area contributed by atoms with Crippen LogP contribution in [-0.2, 0) is 0 Å². The van der Waals surface area contributed by atoms with Gasteiger partial charge in [0.2, 0.25) is 0 Å². The van der Waals surface area contributed by atoms with Crippen molar-refractivity contribution < 1.29 is 13.5 Å². The van der Waals surface area contributed by atoms with Crippen LogP contribution in [0.5, 0.6) is 5.75 Å². The number of nitrogens with zero attached hydrogens (tertiary/aromatic N) is 1. The van der Waals surface area contributed by atoms with Gasteiger partial charge in [0.15, 0.2) is 0 Å². The zero-order valence-electron chi connectivity index (χ0n) is 11.6. The van der Waals surface area contributed by atoms with Crippen LogP contribution in [0.4, 0.5) is 20.3 Å². The van der Waals surface area contributed by atoms with Crippen molar-refractivity contribution in [2.45, 2.75) is 5.57 Å². The third kappa shape index (κ3) is 4.00. The molecule has 0 aliphatic carbocycles. The highest BCUT2D eigenvalue weighted by Gasteiger charge is 2.27. The number of nitrogens with one attached hydrogen (secondary N) is 1. The van der Waals surface area contributed by atoms with Gasteiger partial charge in [0.25, 0.3) is 0 Å². The number of hydrogen-bond acceptors (Lipinski definition) is 3. The lowest BCUT2D eigenvalue weighted by molar-refractivity contribution is -0.0964. The van der Waals surface area contributed by atoms with Crippen molar-refractivity contribution in [1.82, 2.24) is 4.98 Å². The summed E-state index contributed by atoms with van der Waals surface area (Å²) in [6.45, 7) is 0. The Balaban J connectivity index is 1.83. The molecule has 7 heteroatoms. The highest BCUT2D eigenvalue weighted by atomic mass is 35.5. The smallest absolute Gasteiger partial charge is 0.420 e. The van der Waals surface area contributed by atoms with Crippen LogP contribution in [0.2, 0.25) is 5.02 Å². The molecule has 0 amide bonds. The van der Waals surface area contributed by atoms with Crippen molar-refractivity contribution >= 4 is 45.6 Å². The van der Waals surface area contributed by atoms with Gasteiger partial charge in [-0.1, -0.05) is 29.8 Å². The Morgan fingerprint density at radius 2 is 1.74 bits per heavy atom. The Morgan fingerprint density at radius 1 is 1.04 bits per heavy atom. The maximum absolute atomic E-state index is 12.6. The third-order valence-electron chi connectivity index (χ3n) is 3.03. The molecule has 1 N–H and O–H groups in total. The summed E-state index contributed by atoms with van der Waals surface area (Å²) >= 11 is 10.9. The van der Waals surface area contributed by atoms with Crippen LogP contribution in [0.1, 0.15) is 0 Å². The van der Waals surface area contributed by atoms with Crippen LogP contribution in [-0.4, -0.2) is 10.6 Å². The number of benzene rings is 2. The predicted octanol–water partition coefficient (Wildman–Crippen LogP) is 5.80. The van der Waals surface area contributed by atoms with E-state index in [-0.39, 0.29) is 5.75 Å². The summed E-state index contributed by atoms with van der Waals surface area (Å²) in [6.07, 6.45) is 0. The molecular formula is C16H10Cl2F2N2O. The van der Waals surface area contributed by atoms with E-state index in [2.05, 4.69) is 15.0 Å². The van der Waals surface area contributed by atoms with Gasteiger partial charge in [0.1, 0.15) is 11.6 Å². The molecular weight excluding hydrogens is 345 g/mol. The molecule has 0 radical (unpaired) electrons. The first kappa shape index (κ1) is 15.8. The van der Waals surface area contributed by atoms with E-state index in [0.29, 0.717) is 16.5 Å². The average molecular weight is 355 g/mol. The van der Waals surface area contributed by atoms with Crippen molar-refractivity contribution in [2.75, 3.05) is 5.32 Å². The van der Waals surface area contributed by atoms with Crippen LogP contribution in [0.15, 0.2) is 54.6 Å². The number of alkyl halides is 3. The number of ether oxygens (including phenoxy) is 1. The Morgan fingerprint density at radius 3 is 2.43 bits per heavy atom. The summed E-state index contributed by atoms with van der Waals surface area (Å²) in [5, 5.41) is 4.42. The van der Waals surface area contributed by atoms with Gasteiger partial charge < -0.3 is 10.1 Å². The summed E-state index contributed by atoms with van der Waals surface area (Å²) < 4.78 is 29.4. The highest BCUT2D eigenvalue weighted by Crippen LogP contribution is 2.29. The highest BCUT2D eigenvalue weighted by molar-refractivity contribution is 6.33. The first-order chi connectivity index (χ1) is 10.9. The second-order valence-electron chi connectivity index (χ2n) is 4.71. The zero-order chi connectivity index (χ0) is 16.4. The maximum Gasteiger partial charge on any atom is 0.487 e. The average Bonchev–Trinajstić information content (AvgIpc) is 2.48. The van der Waals surface area contributed by atoms with Gasteiger partial charge in [-0.25, -0.2) is 4.98 Å². The molecule has 3 aromatic rings. The van der Waals surface area contributed by atoms with E-state index in [4.69, 9.17) is 23.2 Å². The number of hydrogen-bond donors (Lipinski definition) is 1. The quantitative estimate of drug-likeness (QED) is 0.601. The number of fused-ring (bicyclic) bond motifs is 1. The van der Waals surface area contributed by atoms with Crippen LogP contribution in [0.3, 0.4) is 0 Å². The van der Waals surface area contributed by atoms with E-state index in [9.17, 15) is 8.78 Å². The van der Waals surface area contributed by atoms with Gasteiger partial charge in [0.05, 0.1) is 10.5 Å². The maximum atomic E-state index is 12.6. The molecule has 118 valence electrons. The van der Waals surface area contributed by atoms with E-state index < -0.39 is 5.57 Å². The molecule has 1 heterocycles. The second-order valence-corrected chi connectivity index (χ2v) is 5.56. The summed E-state index contributed by atoms with van der Waals surface area (Å²) in [4.78, 5) is 4.44. The molecule has 3 rings (SSSR count). The van der Waals surface area contributed by atoms with E-state index in [0.717, 1.165) is 10.9 Å². The number of pyridine rings is 1. The molecule has 0 fully saturated rings. The molecule has 0 atom stereocenters. The molecule has 1 aromatic heterocycles. The van der Waals surface area contributed by atoms with Gasteiger partial charge in [-0.3, -0.25) is 0 Å². The minimum Gasteiger partial charge on any atom is -0.420 e. The summed E-state index contributed by atoms with van der Waals surface area (Å²) in [5.74, 6) is 0.426. The Labute approximate surface area is 140 Å². The standard InChI is InChI=1S/C16H10Cl2F2N2O/c17-13-9-10-3-1-2-4-14(10)22-15(13)21-11-5-7-12(8-6-11)23-16(18,19)20/h1-9H,(H,21,22). The minimum atomic E-state index is -3.74. The van der Waals surface area contributed by atoms with Gasteiger partial charge in [-0.15, -0.1) is 8.78 Å². The molecule has 23 heavy (non-hydrogen) atoms. The lowest BCUT2D eigenvalue weighted by Crippen LogP contribution is -2.15. The van der Waals surface area contributed by atoms with Gasteiger partial charge in [-0.2, -0.15) is 0 Å². The molecule has 0 aliphatic heterocycles. The van der Waals surface area contributed by atoms with Crippen LogP contribution < -0.4 is 10.1 Å². The van der Waals surface area contributed by atoms with Crippen molar-refractivity contribution in [3.05, 3.63) is 59.6 Å². The van der Waals surface area contributed by atoms with Crippen LogP contribution >= 0.6 is 23.2 Å². The van der Waals surface area contributed by atoms with Crippen molar-refractivity contribution in [3.8, 4) is 5.75 Å².